The van der Waals surface area contributed by atoms with Crippen molar-refractivity contribution in [2.75, 3.05) is 40.4 Å². The van der Waals surface area contributed by atoms with Crippen LogP contribution in [0.5, 0.6) is 17.2 Å². The Kier molecular flexibility index (Phi) is 8.98. The number of hydrogen-bond donors (Lipinski definition) is 1. The third-order valence-corrected chi connectivity index (χ3v) is 6.46. The molecular weight excluding hydrogens is 460 g/mol. The number of carbonyl (C=O) groups excluding carboxylic acids is 2. The van der Waals surface area contributed by atoms with Crippen molar-refractivity contribution in [3.05, 3.63) is 59.2 Å². The zero-order chi connectivity index (χ0) is 26.4. The SMILES string of the molecule is CC[NH+](CC)CCN1C(=O)C(=O)/C(=C(/[O-])c2ccc(OC(C)C)cc2)C1c1ccc(OC)cc1OC. The lowest BCUT2D eigenvalue weighted by atomic mass is 9.94. The van der Waals surface area contributed by atoms with E-state index in [1.807, 2.05) is 13.8 Å². The Hall–Kier alpha value is -3.52. The van der Waals surface area contributed by atoms with Crippen LogP contribution >= 0.6 is 0 Å². The van der Waals surface area contributed by atoms with Crippen LogP contribution in [-0.2, 0) is 9.59 Å². The first-order valence-corrected chi connectivity index (χ1v) is 12.3. The second-order valence-electron chi connectivity index (χ2n) is 8.98. The van der Waals surface area contributed by atoms with Gasteiger partial charge in [-0.15, -0.1) is 0 Å². The minimum Gasteiger partial charge on any atom is -0.872 e. The first-order valence-electron chi connectivity index (χ1n) is 12.3. The van der Waals surface area contributed by atoms with Gasteiger partial charge in [0.05, 0.1) is 52.5 Å². The Morgan fingerprint density at radius 2 is 1.64 bits per heavy atom. The molecule has 0 saturated carbocycles. The second-order valence-corrected chi connectivity index (χ2v) is 8.98. The quantitative estimate of drug-likeness (QED) is 0.289. The number of likely N-dealkylation sites (tertiary alicyclic amines) is 1. The van der Waals surface area contributed by atoms with Crippen molar-refractivity contribution >= 4 is 17.4 Å². The molecule has 0 radical (unpaired) electrons. The number of amides is 1. The maximum absolute atomic E-state index is 13.7. The second kappa shape index (κ2) is 11.9. The van der Waals surface area contributed by atoms with E-state index < -0.39 is 23.5 Å². The molecule has 1 saturated heterocycles. The number of hydrogen-bond acceptors (Lipinski definition) is 6. The van der Waals surface area contributed by atoms with Crippen molar-refractivity contribution in [3.8, 4) is 17.2 Å². The van der Waals surface area contributed by atoms with Crippen LogP contribution in [0.2, 0.25) is 0 Å². The summed E-state index contributed by atoms with van der Waals surface area (Å²) in [4.78, 5) is 29.3. The van der Waals surface area contributed by atoms with Gasteiger partial charge in [-0.05, 0) is 57.5 Å². The van der Waals surface area contributed by atoms with Crippen LogP contribution in [0.3, 0.4) is 0 Å². The number of carbonyl (C=O) groups is 2. The van der Waals surface area contributed by atoms with E-state index in [2.05, 4.69) is 13.8 Å². The number of rotatable bonds is 11. The molecule has 1 atom stereocenters. The molecule has 2 aromatic rings. The molecule has 1 fully saturated rings. The van der Waals surface area contributed by atoms with Crippen molar-refractivity contribution in [3.63, 3.8) is 0 Å². The Balaban J connectivity index is 2.13. The number of ketones is 1. The van der Waals surface area contributed by atoms with E-state index in [9.17, 15) is 14.7 Å². The summed E-state index contributed by atoms with van der Waals surface area (Å²) in [5.41, 5.74) is 0.807. The molecule has 0 bridgehead atoms. The number of Topliss-reactive ketones (excluding diaryl/α,β-unsaturated/α-hetero) is 1. The van der Waals surface area contributed by atoms with Crippen LogP contribution in [0.25, 0.3) is 5.76 Å². The van der Waals surface area contributed by atoms with Gasteiger partial charge in [0.15, 0.2) is 0 Å². The zero-order valence-electron chi connectivity index (χ0n) is 21.9. The Morgan fingerprint density at radius 3 is 2.19 bits per heavy atom. The van der Waals surface area contributed by atoms with Crippen LogP contribution in [0.1, 0.15) is 44.9 Å². The molecule has 36 heavy (non-hydrogen) atoms. The fourth-order valence-corrected chi connectivity index (χ4v) is 4.46. The van der Waals surface area contributed by atoms with E-state index in [0.29, 0.717) is 41.5 Å². The number of methoxy groups -OCH3 is 2. The molecule has 0 aliphatic carbocycles. The van der Waals surface area contributed by atoms with Gasteiger partial charge in [-0.3, -0.25) is 9.59 Å². The predicted octanol–water partition coefficient (Wildman–Crippen LogP) is 1.64. The standard InChI is InChI=1S/C28H36N2O6/c1-7-29(8-2)15-16-30-25(22-14-13-21(34-5)17-23(22)35-6)24(27(32)28(30)33)26(31)19-9-11-20(12-10-19)36-18(3)4/h9-14,17-18,25,31H,7-8,15-16H2,1-6H3/b26-24+. The number of ether oxygens (including phenoxy) is 3. The maximum Gasteiger partial charge on any atom is 0.295 e. The fraction of sp³-hybridized carbons (Fsp3) is 0.429. The molecule has 0 spiro atoms. The Labute approximate surface area is 213 Å². The highest BCUT2D eigenvalue weighted by molar-refractivity contribution is 6.46. The van der Waals surface area contributed by atoms with E-state index in [4.69, 9.17) is 14.2 Å². The van der Waals surface area contributed by atoms with Gasteiger partial charge in [-0.25, -0.2) is 0 Å². The predicted molar refractivity (Wildman–Crippen MR) is 135 cm³/mol. The summed E-state index contributed by atoms with van der Waals surface area (Å²) in [7, 11) is 3.06. The highest BCUT2D eigenvalue weighted by atomic mass is 16.5. The lowest BCUT2D eigenvalue weighted by molar-refractivity contribution is -0.895. The largest absolute Gasteiger partial charge is 0.872 e. The number of likely N-dealkylation sites (N-methyl/N-ethyl adjacent to an activating group) is 1. The Bertz CT molecular complexity index is 1110. The van der Waals surface area contributed by atoms with Gasteiger partial charge in [-0.1, -0.05) is 17.9 Å². The molecule has 1 amide bonds. The van der Waals surface area contributed by atoms with Gasteiger partial charge < -0.3 is 29.1 Å². The normalized spacial score (nSPS) is 17.2. The van der Waals surface area contributed by atoms with Crippen LogP contribution in [0, 0.1) is 0 Å². The minimum atomic E-state index is -0.861. The number of nitrogens with zero attached hydrogens (tertiary/aromatic N) is 1. The van der Waals surface area contributed by atoms with Crippen LogP contribution in [0.4, 0.5) is 0 Å². The highest BCUT2D eigenvalue weighted by Crippen LogP contribution is 2.43. The molecular formula is C28H36N2O6. The molecule has 0 aromatic heterocycles. The third kappa shape index (κ3) is 5.65. The first-order chi connectivity index (χ1) is 17.2. The molecule has 3 rings (SSSR count). The van der Waals surface area contributed by atoms with E-state index >= 15 is 0 Å². The maximum atomic E-state index is 13.7. The lowest BCUT2D eigenvalue weighted by Gasteiger charge is -2.29. The van der Waals surface area contributed by atoms with Gasteiger partial charge in [-0.2, -0.15) is 0 Å². The van der Waals surface area contributed by atoms with Gasteiger partial charge in [0, 0.05) is 17.2 Å². The summed E-state index contributed by atoms with van der Waals surface area (Å²) in [6.45, 7) is 10.8. The van der Waals surface area contributed by atoms with Gasteiger partial charge in [0.25, 0.3) is 5.91 Å². The summed E-state index contributed by atoms with van der Waals surface area (Å²) in [5, 5.41) is 13.7. The van der Waals surface area contributed by atoms with Gasteiger partial charge in [0.2, 0.25) is 5.78 Å². The Morgan fingerprint density at radius 1 is 1.00 bits per heavy atom. The minimum absolute atomic E-state index is 0.0108. The summed E-state index contributed by atoms with van der Waals surface area (Å²) in [5.74, 6) is -0.304. The summed E-state index contributed by atoms with van der Waals surface area (Å²) >= 11 is 0. The topological polar surface area (TPSA) is 92.6 Å². The molecule has 1 heterocycles. The molecule has 2 aromatic carbocycles. The van der Waals surface area contributed by atoms with E-state index in [1.54, 1.807) is 49.6 Å². The number of nitrogens with one attached hydrogen (secondary N) is 1. The lowest BCUT2D eigenvalue weighted by Crippen LogP contribution is -3.12. The van der Waals surface area contributed by atoms with Gasteiger partial charge in [0.1, 0.15) is 17.2 Å². The zero-order valence-corrected chi connectivity index (χ0v) is 21.9. The monoisotopic (exact) mass is 496 g/mol. The summed E-state index contributed by atoms with van der Waals surface area (Å²) in [6, 6.07) is 10.9. The molecule has 8 heteroatoms. The highest BCUT2D eigenvalue weighted by Gasteiger charge is 2.45. The molecule has 194 valence electrons. The van der Waals surface area contributed by atoms with E-state index in [-0.39, 0.29) is 11.7 Å². The van der Waals surface area contributed by atoms with Crippen LogP contribution in [-0.4, -0.2) is 63.1 Å². The number of quaternary nitrogens is 1. The van der Waals surface area contributed by atoms with E-state index in [0.717, 1.165) is 13.1 Å². The van der Waals surface area contributed by atoms with Crippen molar-refractivity contribution in [2.24, 2.45) is 0 Å². The third-order valence-electron chi connectivity index (χ3n) is 6.46. The van der Waals surface area contributed by atoms with Crippen LogP contribution in [0.15, 0.2) is 48.0 Å². The van der Waals surface area contributed by atoms with Crippen molar-refractivity contribution in [2.45, 2.75) is 39.8 Å². The summed E-state index contributed by atoms with van der Waals surface area (Å²) in [6.07, 6.45) is -0.0108. The average Bonchev–Trinajstić information content (AvgIpc) is 3.13. The van der Waals surface area contributed by atoms with Crippen molar-refractivity contribution in [1.29, 1.82) is 0 Å². The smallest absolute Gasteiger partial charge is 0.295 e. The molecule has 1 aliphatic heterocycles. The average molecular weight is 497 g/mol. The molecule has 8 nitrogen and oxygen atoms in total. The molecule has 1 unspecified atom stereocenters. The van der Waals surface area contributed by atoms with Crippen molar-refractivity contribution in [1.82, 2.24) is 4.90 Å². The van der Waals surface area contributed by atoms with Crippen molar-refractivity contribution < 1.29 is 33.8 Å². The molecule has 1 N–H and O–H groups in total. The number of benzene rings is 2. The van der Waals surface area contributed by atoms with E-state index in [1.165, 1.54) is 16.9 Å². The fourth-order valence-electron chi connectivity index (χ4n) is 4.46. The van der Waals surface area contributed by atoms with Gasteiger partial charge >= 0.3 is 0 Å². The summed E-state index contributed by atoms with van der Waals surface area (Å²) < 4.78 is 16.6. The molecule has 1 aliphatic rings. The first kappa shape index (κ1) is 27.1. The van der Waals surface area contributed by atoms with Crippen LogP contribution < -0.4 is 24.2 Å².